The van der Waals surface area contributed by atoms with Crippen molar-refractivity contribution in [2.45, 2.75) is 57.9 Å². The number of carbonyl (C=O) groups excluding carboxylic acids is 2. The van der Waals surface area contributed by atoms with E-state index in [9.17, 15) is 9.59 Å². The molecule has 4 atom stereocenters. The Kier molecular flexibility index (Phi) is 9.40. The normalized spacial score (nSPS) is 29.6. The Labute approximate surface area is 209 Å². The maximum Gasteiger partial charge on any atom is 0.233 e. The Morgan fingerprint density at radius 2 is 1.75 bits per heavy atom. The van der Waals surface area contributed by atoms with E-state index in [0.717, 1.165) is 38.1 Å². The number of fused-ring (bicyclic) bond motifs is 5. The summed E-state index contributed by atoms with van der Waals surface area (Å²) < 4.78 is 0. The molecule has 1 heterocycles. The third kappa shape index (κ3) is 5.48. The summed E-state index contributed by atoms with van der Waals surface area (Å²) in [5.74, 6) is 1.30. The van der Waals surface area contributed by atoms with Crippen LogP contribution in [0.2, 0.25) is 0 Å². The third-order valence-corrected chi connectivity index (χ3v) is 7.67. The van der Waals surface area contributed by atoms with Gasteiger partial charge in [0.15, 0.2) is 5.96 Å². The molecule has 7 nitrogen and oxygen atoms in total. The molecule has 0 radical (unpaired) electrons. The summed E-state index contributed by atoms with van der Waals surface area (Å²) in [6.07, 6.45) is 12.7. The minimum absolute atomic E-state index is 0. The van der Waals surface area contributed by atoms with Gasteiger partial charge in [0.1, 0.15) is 0 Å². The van der Waals surface area contributed by atoms with Crippen LogP contribution in [0.15, 0.2) is 17.1 Å². The molecule has 2 saturated carbocycles. The highest BCUT2D eigenvalue weighted by molar-refractivity contribution is 14.0. The Balaban J connectivity index is 0.00000289. The SMILES string of the molecule is CCNC(=NCCCN1C(=O)C2C3C=CC(C3)C2C1=O)NCCN(C)C1CCCCC1.I. The van der Waals surface area contributed by atoms with Crippen LogP contribution >= 0.6 is 24.0 Å². The van der Waals surface area contributed by atoms with Gasteiger partial charge in [-0.15, -0.1) is 24.0 Å². The quantitative estimate of drug-likeness (QED) is 0.114. The van der Waals surface area contributed by atoms with Crippen molar-refractivity contribution < 1.29 is 9.59 Å². The number of nitrogens with one attached hydrogen (secondary N) is 2. The molecule has 3 fully saturated rings. The van der Waals surface area contributed by atoms with Crippen LogP contribution in [0.3, 0.4) is 0 Å². The molecule has 2 amide bonds. The highest BCUT2D eigenvalue weighted by atomic mass is 127. The van der Waals surface area contributed by atoms with Gasteiger partial charge < -0.3 is 15.5 Å². The molecular weight excluding hydrogens is 517 g/mol. The number of halogens is 1. The van der Waals surface area contributed by atoms with Crippen molar-refractivity contribution in [3.8, 4) is 0 Å². The number of nitrogens with zero attached hydrogens (tertiary/aromatic N) is 3. The molecule has 3 aliphatic carbocycles. The van der Waals surface area contributed by atoms with Gasteiger partial charge in [-0.3, -0.25) is 19.5 Å². The molecule has 4 unspecified atom stereocenters. The van der Waals surface area contributed by atoms with Gasteiger partial charge in [0.05, 0.1) is 11.8 Å². The van der Waals surface area contributed by atoms with E-state index in [-0.39, 0.29) is 59.5 Å². The topological polar surface area (TPSA) is 77.0 Å². The van der Waals surface area contributed by atoms with Gasteiger partial charge in [-0.2, -0.15) is 0 Å². The molecule has 0 spiro atoms. The molecule has 4 aliphatic rings. The molecule has 32 heavy (non-hydrogen) atoms. The Hall–Kier alpha value is -1.16. The zero-order chi connectivity index (χ0) is 21.8. The number of imide groups is 1. The fourth-order valence-electron chi connectivity index (χ4n) is 6.00. The second kappa shape index (κ2) is 11.8. The minimum atomic E-state index is -0.0915. The summed E-state index contributed by atoms with van der Waals surface area (Å²) >= 11 is 0. The summed E-state index contributed by atoms with van der Waals surface area (Å²) in [4.78, 5) is 34.2. The van der Waals surface area contributed by atoms with E-state index in [0.29, 0.717) is 19.5 Å². The average Bonchev–Trinajstić information content (AvgIpc) is 3.46. The van der Waals surface area contributed by atoms with Crippen molar-refractivity contribution in [3.63, 3.8) is 0 Å². The monoisotopic (exact) mass is 557 g/mol. The van der Waals surface area contributed by atoms with E-state index in [2.05, 4.69) is 46.6 Å². The predicted molar refractivity (Wildman–Crippen MR) is 138 cm³/mol. The van der Waals surface area contributed by atoms with Crippen molar-refractivity contribution in [1.29, 1.82) is 0 Å². The Morgan fingerprint density at radius 1 is 1.09 bits per heavy atom. The van der Waals surface area contributed by atoms with Crippen LogP contribution < -0.4 is 10.6 Å². The number of carbonyl (C=O) groups is 2. The second-order valence-electron chi connectivity index (χ2n) is 9.64. The Bertz CT molecular complexity index is 691. The summed E-state index contributed by atoms with van der Waals surface area (Å²) in [6.45, 7) is 5.83. The van der Waals surface area contributed by atoms with Gasteiger partial charge in [0.25, 0.3) is 0 Å². The summed E-state index contributed by atoms with van der Waals surface area (Å²) in [5.41, 5.74) is 0. The van der Waals surface area contributed by atoms with Crippen LogP contribution in [-0.4, -0.2) is 73.4 Å². The van der Waals surface area contributed by atoms with Crippen molar-refractivity contribution >= 4 is 41.8 Å². The smallest absolute Gasteiger partial charge is 0.233 e. The first-order valence-electron chi connectivity index (χ1n) is 12.4. The fourth-order valence-corrected chi connectivity index (χ4v) is 6.00. The van der Waals surface area contributed by atoms with Crippen LogP contribution in [0.25, 0.3) is 0 Å². The molecule has 1 saturated heterocycles. The van der Waals surface area contributed by atoms with E-state index in [1.807, 2.05) is 0 Å². The first kappa shape index (κ1) is 25.5. The predicted octanol–water partition coefficient (Wildman–Crippen LogP) is 2.62. The summed E-state index contributed by atoms with van der Waals surface area (Å²) in [7, 11) is 2.23. The second-order valence-corrected chi connectivity index (χ2v) is 9.64. The van der Waals surface area contributed by atoms with Gasteiger partial charge >= 0.3 is 0 Å². The lowest BCUT2D eigenvalue weighted by Crippen LogP contribution is -2.43. The van der Waals surface area contributed by atoms with Gasteiger partial charge in [-0.05, 0) is 51.5 Å². The van der Waals surface area contributed by atoms with Crippen LogP contribution in [-0.2, 0) is 9.59 Å². The number of allylic oxidation sites excluding steroid dienone is 2. The lowest BCUT2D eigenvalue weighted by Gasteiger charge is -2.31. The number of likely N-dealkylation sites (tertiary alicyclic amines) is 1. The highest BCUT2D eigenvalue weighted by Gasteiger charge is 2.58. The molecule has 180 valence electrons. The van der Waals surface area contributed by atoms with Crippen molar-refractivity contribution in [3.05, 3.63) is 12.2 Å². The molecule has 2 N–H and O–H groups in total. The number of guanidine groups is 1. The molecule has 4 rings (SSSR count). The van der Waals surface area contributed by atoms with Crippen LogP contribution in [0.5, 0.6) is 0 Å². The molecule has 0 aromatic rings. The number of rotatable bonds is 9. The number of amides is 2. The molecule has 2 bridgehead atoms. The standard InChI is InChI=1S/C24H39N5O2.HI/c1-3-25-24(27-13-15-28(2)19-8-5-4-6-9-19)26-12-7-14-29-22(30)20-17-10-11-18(16-17)21(20)23(29)31;/h10-11,17-21H,3-9,12-16H2,1-2H3,(H2,25,26,27);1H. The zero-order valence-corrected chi connectivity index (χ0v) is 21.9. The molecular formula is C24H40IN5O2. The van der Waals surface area contributed by atoms with E-state index >= 15 is 0 Å². The first-order valence-corrected chi connectivity index (χ1v) is 12.4. The maximum absolute atomic E-state index is 12.8. The number of aliphatic imine (C=N–C) groups is 1. The summed E-state index contributed by atoms with van der Waals surface area (Å²) in [5, 5.41) is 6.73. The number of likely N-dealkylation sites (N-methyl/N-ethyl adjacent to an activating group) is 1. The van der Waals surface area contributed by atoms with E-state index in [1.165, 1.54) is 37.0 Å². The van der Waals surface area contributed by atoms with Gasteiger partial charge in [-0.25, -0.2) is 0 Å². The first-order chi connectivity index (χ1) is 15.1. The largest absolute Gasteiger partial charge is 0.357 e. The molecule has 0 aromatic heterocycles. The van der Waals surface area contributed by atoms with Crippen LogP contribution in [0.4, 0.5) is 0 Å². The number of hydrogen-bond acceptors (Lipinski definition) is 4. The van der Waals surface area contributed by atoms with Crippen molar-refractivity contribution in [2.75, 3.05) is 39.8 Å². The third-order valence-electron chi connectivity index (χ3n) is 7.67. The minimum Gasteiger partial charge on any atom is -0.357 e. The number of hydrogen-bond donors (Lipinski definition) is 2. The zero-order valence-electron chi connectivity index (χ0n) is 19.6. The van der Waals surface area contributed by atoms with Crippen LogP contribution in [0, 0.1) is 23.7 Å². The molecule has 8 heteroatoms. The molecule has 1 aliphatic heterocycles. The summed E-state index contributed by atoms with van der Waals surface area (Å²) in [6, 6.07) is 0.718. The van der Waals surface area contributed by atoms with E-state index < -0.39 is 0 Å². The van der Waals surface area contributed by atoms with E-state index in [4.69, 9.17) is 0 Å². The lowest BCUT2D eigenvalue weighted by molar-refractivity contribution is -0.140. The fraction of sp³-hybridized carbons (Fsp3) is 0.792. The van der Waals surface area contributed by atoms with Crippen molar-refractivity contribution in [1.82, 2.24) is 20.4 Å². The lowest BCUT2D eigenvalue weighted by atomic mass is 9.85. The highest BCUT2D eigenvalue weighted by Crippen LogP contribution is 2.52. The van der Waals surface area contributed by atoms with Gasteiger partial charge in [0, 0.05) is 38.8 Å². The maximum atomic E-state index is 12.8. The van der Waals surface area contributed by atoms with Crippen molar-refractivity contribution in [2.24, 2.45) is 28.7 Å². The Morgan fingerprint density at radius 3 is 2.38 bits per heavy atom. The van der Waals surface area contributed by atoms with Gasteiger partial charge in [0.2, 0.25) is 11.8 Å². The average molecular weight is 558 g/mol. The van der Waals surface area contributed by atoms with Crippen LogP contribution in [0.1, 0.15) is 51.9 Å². The van der Waals surface area contributed by atoms with E-state index in [1.54, 1.807) is 0 Å². The molecule has 0 aromatic carbocycles. The van der Waals surface area contributed by atoms with Gasteiger partial charge in [-0.1, -0.05) is 31.4 Å².